The second kappa shape index (κ2) is 6.66. The number of thiophene rings is 1. The number of nitrogens with one attached hydrogen (secondary N) is 1. The van der Waals surface area contributed by atoms with Gasteiger partial charge in [-0.3, -0.25) is 0 Å². The fourth-order valence-electron chi connectivity index (χ4n) is 1.73. The highest BCUT2D eigenvalue weighted by Gasteiger charge is 2.12. The molecule has 0 fully saturated rings. The fourth-order valence-corrected chi connectivity index (χ4v) is 3.46. The van der Waals surface area contributed by atoms with Crippen LogP contribution >= 0.6 is 11.3 Å². The molecule has 0 radical (unpaired) electrons. The Morgan fingerprint density at radius 1 is 1.15 bits per heavy atom. The van der Waals surface area contributed by atoms with Crippen molar-refractivity contribution in [1.82, 2.24) is 4.72 Å². The lowest BCUT2D eigenvalue weighted by molar-refractivity contribution is 0.581. The van der Waals surface area contributed by atoms with E-state index in [1.807, 2.05) is 22.9 Å². The van der Waals surface area contributed by atoms with Crippen molar-refractivity contribution in [2.24, 2.45) is 0 Å². The fraction of sp³-hybridized carbons (Fsp3) is 0.214. The lowest BCUT2D eigenvalue weighted by atomic mass is 10.2. The molecule has 0 amide bonds. The molecular weight excluding hydrogens is 292 g/mol. The van der Waals surface area contributed by atoms with E-state index in [0.29, 0.717) is 13.0 Å². The lowest BCUT2D eigenvalue weighted by Crippen LogP contribution is -2.25. The van der Waals surface area contributed by atoms with Gasteiger partial charge in [0.25, 0.3) is 0 Å². The molecule has 104 valence electrons. The van der Waals surface area contributed by atoms with Gasteiger partial charge in [0.05, 0.1) is 17.4 Å². The van der Waals surface area contributed by atoms with Gasteiger partial charge in [-0.15, -0.1) is 0 Å². The molecule has 0 atom stereocenters. The lowest BCUT2D eigenvalue weighted by Gasteiger charge is -2.06. The van der Waals surface area contributed by atoms with E-state index in [0.717, 1.165) is 11.1 Å². The first kappa shape index (κ1) is 14.7. The zero-order valence-electron chi connectivity index (χ0n) is 10.7. The molecule has 1 N–H and O–H groups in total. The summed E-state index contributed by atoms with van der Waals surface area (Å²) in [6.45, 7) is 0.374. The molecule has 6 heteroatoms. The zero-order valence-corrected chi connectivity index (χ0v) is 12.4. The molecule has 0 bridgehead atoms. The Labute approximate surface area is 122 Å². The number of rotatable bonds is 6. The standard InChI is InChI=1S/C14H14N2O2S2/c15-8-5-12-1-3-14(4-2-12)20(17,18)16-9-6-13-7-10-19-11-13/h1-4,7,10-11,16H,5-6,9H2. The molecule has 0 aliphatic carbocycles. The van der Waals surface area contributed by atoms with Crippen LogP contribution < -0.4 is 4.72 Å². The normalized spacial score (nSPS) is 11.2. The first-order valence-electron chi connectivity index (χ1n) is 6.08. The Kier molecular flexibility index (Phi) is 4.90. The summed E-state index contributed by atoms with van der Waals surface area (Å²) in [6.07, 6.45) is 0.959. The molecule has 1 aromatic heterocycles. The SMILES string of the molecule is N#CCc1ccc(S(=O)(=O)NCCc2ccsc2)cc1. The average Bonchev–Trinajstić information content (AvgIpc) is 2.93. The van der Waals surface area contributed by atoms with E-state index < -0.39 is 10.0 Å². The van der Waals surface area contributed by atoms with Gasteiger partial charge in [0.2, 0.25) is 10.0 Å². The van der Waals surface area contributed by atoms with E-state index in [1.165, 1.54) is 12.1 Å². The Morgan fingerprint density at radius 3 is 2.50 bits per heavy atom. The highest BCUT2D eigenvalue weighted by Crippen LogP contribution is 2.11. The summed E-state index contributed by atoms with van der Waals surface area (Å²) in [6, 6.07) is 10.4. The average molecular weight is 306 g/mol. The second-order valence-corrected chi connectivity index (χ2v) is 6.81. The molecular formula is C14H14N2O2S2. The van der Waals surface area contributed by atoms with Crippen molar-refractivity contribution >= 4 is 21.4 Å². The maximum Gasteiger partial charge on any atom is 0.240 e. The molecule has 1 aromatic carbocycles. The van der Waals surface area contributed by atoms with E-state index in [1.54, 1.807) is 23.5 Å². The monoisotopic (exact) mass is 306 g/mol. The summed E-state index contributed by atoms with van der Waals surface area (Å²) in [4.78, 5) is 0.226. The number of nitriles is 1. The van der Waals surface area contributed by atoms with E-state index >= 15 is 0 Å². The van der Waals surface area contributed by atoms with Crippen LogP contribution in [0.5, 0.6) is 0 Å². The van der Waals surface area contributed by atoms with E-state index in [2.05, 4.69) is 4.72 Å². The summed E-state index contributed by atoms with van der Waals surface area (Å²) in [5, 5.41) is 12.6. The Morgan fingerprint density at radius 2 is 1.90 bits per heavy atom. The maximum atomic E-state index is 12.1. The summed E-state index contributed by atoms with van der Waals surface area (Å²) in [5.41, 5.74) is 1.94. The van der Waals surface area contributed by atoms with Gasteiger partial charge >= 0.3 is 0 Å². The molecule has 20 heavy (non-hydrogen) atoms. The van der Waals surface area contributed by atoms with Crippen LogP contribution in [0.15, 0.2) is 46.0 Å². The minimum atomic E-state index is -3.47. The van der Waals surface area contributed by atoms with Crippen LogP contribution in [0, 0.1) is 11.3 Å². The molecule has 0 spiro atoms. The van der Waals surface area contributed by atoms with Crippen molar-refractivity contribution in [3.8, 4) is 6.07 Å². The zero-order chi connectivity index (χ0) is 14.4. The largest absolute Gasteiger partial charge is 0.240 e. The summed E-state index contributed by atoms with van der Waals surface area (Å²) >= 11 is 1.60. The first-order valence-corrected chi connectivity index (χ1v) is 8.51. The predicted octanol–water partition coefficient (Wildman–Crippen LogP) is 2.34. The third-order valence-electron chi connectivity index (χ3n) is 2.80. The predicted molar refractivity (Wildman–Crippen MR) is 79.0 cm³/mol. The molecule has 0 saturated carbocycles. The number of benzene rings is 1. The minimum absolute atomic E-state index is 0.226. The summed E-state index contributed by atoms with van der Waals surface area (Å²) in [7, 11) is -3.47. The van der Waals surface area contributed by atoms with E-state index in [9.17, 15) is 8.42 Å². The highest BCUT2D eigenvalue weighted by molar-refractivity contribution is 7.89. The topological polar surface area (TPSA) is 70.0 Å². The molecule has 0 saturated heterocycles. The first-order chi connectivity index (χ1) is 9.62. The van der Waals surface area contributed by atoms with Gasteiger partial charge in [-0.1, -0.05) is 12.1 Å². The Bertz CT molecular complexity index is 684. The van der Waals surface area contributed by atoms with E-state index in [-0.39, 0.29) is 11.3 Å². The van der Waals surface area contributed by atoms with Gasteiger partial charge in [-0.25, -0.2) is 13.1 Å². The molecule has 0 aliphatic heterocycles. The van der Waals surface area contributed by atoms with Crippen molar-refractivity contribution in [2.45, 2.75) is 17.7 Å². The van der Waals surface area contributed by atoms with Crippen molar-refractivity contribution in [1.29, 1.82) is 5.26 Å². The van der Waals surface area contributed by atoms with Crippen LogP contribution in [-0.4, -0.2) is 15.0 Å². The molecule has 0 aliphatic rings. The number of hydrogen-bond acceptors (Lipinski definition) is 4. The van der Waals surface area contributed by atoms with Crippen LogP contribution in [0.25, 0.3) is 0 Å². The minimum Gasteiger partial charge on any atom is -0.211 e. The van der Waals surface area contributed by atoms with E-state index in [4.69, 9.17) is 5.26 Å². The number of hydrogen-bond donors (Lipinski definition) is 1. The molecule has 1 heterocycles. The number of sulfonamides is 1. The van der Waals surface area contributed by atoms with Gasteiger partial charge in [-0.05, 0) is 46.5 Å². The van der Waals surface area contributed by atoms with Crippen molar-refractivity contribution in [3.05, 3.63) is 52.2 Å². The highest BCUT2D eigenvalue weighted by atomic mass is 32.2. The van der Waals surface area contributed by atoms with Crippen molar-refractivity contribution in [2.75, 3.05) is 6.54 Å². The van der Waals surface area contributed by atoms with Gasteiger partial charge in [0.1, 0.15) is 0 Å². The van der Waals surface area contributed by atoms with Gasteiger partial charge in [-0.2, -0.15) is 16.6 Å². The van der Waals surface area contributed by atoms with Crippen molar-refractivity contribution < 1.29 is 8.42 Å². The third kappa shape index (κ3) is 3.90. The third-order valence-corrected chi connectivity index (χ3v) is 5.01. The van der Waals surface area contributed by atoms with Gasteiger partial charge in [0, 0.05) is 6.54 Å². The molecule has 2 aromatic rings. The quantitative estimate of drug-likeness (QED) is 0.890. The Hall–Kier alpha value is -1.68. The van der Waals surface area contributed by atoms with Crippen molar-refractivity contribution in [3.63, 3.8) is 0 Å². The molecule has 2 rings (SSSR count). The van der Waals surface area contributed by atoms with Crippen LogP contribution in [-0.2, 0) is 22.9 Å². The molecule has 4 nitrogen and oxygen atoms in total. The smallest absolute Gasteiger partial charge is 0.211 e. The van der Waals surface area contributed by atoms with Crippen LogP contribution in [0.3, 0.4) is 0 Å². The van der Waals surface area contributed by atoms with Crippen LogP contribution in [0.1, 0.15) is 11.1 Å². The summed E-state index contributed by atoms with van der Waals surface area (Å²) < 4.78 is 26.7. The van der Waals surface area contributed by atoms with Crippen LogP contribution in [0.4, 0.5) is 0 Å². The number of nitrogens with zero attached hydrogens (tertiary/aromatic N) is 1. The van der Waals surface area contributed by atoms with Gasteiger partial charge in [0.15, 0.2) is 0 Å². The maximum absolute atomic E-state index is 12.1. The summed E-state index contributed by atoms with van der Waals surface area (Å²) in [5.74, 6) is 0. The van der Waals surface area contributed by atoms with Gasteiger partial charge < -0.3 is 0 Å². The Balaban J connectivity index is 1.97. The second-order valence-electron chi connectivity index (χ2n) is 4.26. The van der Waals surface area contributed by atoms with Crippen LogP contribution in [0.2, 0.25) is 0 Å². The molecule has 0 unspecified atom stereocenters.